The first kappa shape index (κ1) is 18.5. The molecule has 0 spiro atoms. The van der Waals surface area contributed by atoms with Gasteiger partial charge < -0.3 is 20.1 Å². The predicted octanol–water partition coefficient (Wildman–Crippen LogP) is 1.65. The van der Waals surface area contributed by atoms with Gasteiger partial charge in [-0.15, -0.1) is 5.10 Å². The Morgan fingerprint density at radius 2 is 1.96 bits per heavy atom. The third kappa shape index (κ3) is 3.80. The number of nitrogens with zero attached hydrogens (tertiary/aromatic N) is 2. The summed E-state index contributed by atoms with van der Waals surface area (Å²) >= 11 is 0. The summed E-state index contributed by atoms with van der Waals surface area (Å²) in [5.41, 5.74) is 7.43. The summed E-state index contributed by atoms with van der Waals surface area (Å²) in [5, 5.41) is 19.0. The molecule has 2 aromatic carbocycles. The molecule has 10 heteroatoms. The molecule has 0 aliphatic rings. The third-order valence-corrected chi connectivity index (χ3v) is 3.99. The van der Waals surface area contributed by atoms with E-state index in [-0.39, 0.29) is 29.1 Å². The molecule has 3 rings (SSSR count). The smallest absolute Gasteiger partial charge is 0.508 e. The van der Waals surface area contributed by atoms with E-state index in [1.807, 2.05) is 0 Å². The summed E-state index contributed by atoms with van der Waals surface area (Å²) in [5.74, 6) is 0.147. The normalized spacial score (nSPS) is 10.9. The Hall–Kier alpha value is -3.27. The summed E-state index contributed by atoms with van der Waals surface area (Å²) < 4.78 is 34.7. The van der Waals surface area contributed by atoms with Crippen LogP contribution in [0, 0.1) is 6.92 Å². The minimum absolute atomic E-state index is 0.0920. The van der Waals surface area contributed by atoms with E-state index < -0.39 is 13.7 Å². The lowest BCUT2D eigenvalue weighted by Gasteiger charge is -2.14. The molecular weight excluding hydrogens is 359 g/mol. The summed E-state index contributed by atoms with van der Waals surface area (Å²) in [4.78, 5) is 10.4. The molecule has 0 radical (unpaired) electrons. The lowest BCUT2D eigenvalue weighted by molar-refractivity contribution is -0.121. The van der Waals surface area contributed by atoms with E-state index in [0.29, 0.717) is 22.0 Å². The molecule has 27 heavy (non-hydrogen) atoms. The number of carbonyl (C=O) groups is 1. The number of benzene rings is 2. The van der Waals surface area contributed by atoms with Crippen molar-refractivity contribution in [3.05, 3.63) is 42.1 Å². The fraction of sp³-hybridized carbons (Fsp3) is 0.118. The van der Waals surface area contributed by atoms with E-state index in [0.717, 1.165) is 0 Å². The number of carbonyl (C=O) groups excluding carboxylic acids is 1. The largest absolute Gasteiger partial charge is 0.561 e. The summed E-state index contributed by atoms with van der Waals surface area (Å²) in [6.07, 6.45) is 0. The van der Waals surface area contributed by atoms with Crippen LogP contribution in [0.4, 0.5) is 14.6 Å². The Kier molecular flexibility index (Phi) is 5.17. The highest BCUT2D eigenvalue weighted by Crippen LogP contribution is 2.33. The van der Waals surface area contributed by atoms with E-state index in [1.165, 1.54) is 18.2 Å². The second-order valence-electron chi connectivity index (χ2n) is 5.65. The minimum atomic E-state index is -3.03. The van der Waals surface area contributed by atoms with Gasteiger partial charge in [0.1, 0.15) is 5.75 Å². The van der Waals surface area contributed by atoms with Crippen molar-refractivity contribution in [2.24, 2.45) is 0 Å². The number of nitrogens with two attached hydrogens (primary N) is 1. The van der Waals surface area contributed by atoms with Crippen LogP contribution < -0.4 is 15.9 Å². The number of hydrogen-bond donors (Lipinski definition) is 2. The number of aryl methyl sites for hydroxylation is 1. The first-order valence-corrected chi connectivity index (χ1v) is 7.79. The summed E-state index contributed by atoms with van der Waals surface area (Å²) in [7, 11) is -1.54. The SMILES string of the molecule is Cc1nnc(N)c2ccc(-c3cc(B(O)OC=O)ccc3OC(F)F)cc12. The molecule has 1 heterocycles. The van der Waals surface area contributed by atoms with Gasteiger partial charge in [-0.25, -0.2) is 0 Å². The number of aromatic nitrogens is 2. The highest BCUT2D eigenvalue weighted by Gasteiger charge is 2.21. The number of ether oxygens (including phenoxy) is 1. The molecule has 0 aliphatic heterocycles. The molecular formula is C17H14BF2N3O4. The van der Waals surface area contributed by atoms with Gasteiger partial charge in [-0.1, -0.05) is 12.1 Å². The second-order valence-corrected chi connectivity index (χ2v) is 5.65. The predicted molar refractivity (Wildman–Crippen MR) is 95.5 cm³/mol. The Labute approximate surface area is 152 Å². The highest BCUT2D eigenvalue weighted by molar-refractivity contribution is 6.61. The number of halogens is 2. The molecule has 3 aromatic rings. The van der Waals surface area contributed by atoms with Crippen molar-refractivity contribution in [3.8, 4) is 16.9 Å². The summed E-state index contributed by atoms with van der Waals surface area (Å²) in [6.45, 7) is -1.20. The molecule has 0 fully saturated rings. The van der Waals surface area contributed by atoms with Crippen LogP contribution >= 0.6 is 0 Å². The van der Waals surface area contributed by atoms with Crippen molar-refractivity contribution in [2.45, 2.75) is 13.5 Å². The van der Waals surface area contributed by atoms with Crippen LogP contribution in [-0.4, -0.2) is 35.4 Å². The first-order valence-electron chi connectivity index (χ1n) is 7.79. The maximum atomic E-state index is 12.8. The number of anilines is 1. The number of nitrogen functional groups attached to an aromatic ring is 1. The highest BCUT2D eigenvalue weighted by atomic mass is 19.3. The molecule has 0 amide bonds. The number of fused-ring (bicyclic) bond motifs is 1. The maximum absolute atomic E-state index is 12.8. The molecule has 0 unspecified atom stereocenters. The molecule has 138 valence electrons. The van der Waals surface area contributed by atoms with Crippen LogP contribution in [0.5, 0.6) is 5.75 Å². The van der Waals surface area contributed by atoms with Crippen LogP contribution in [0.2, 0.25) is 0 Å². The van der Waals surface area contributed by atoms with Crippen molar-refractivity contribution in [2.75, 3.05) is 5.73 Å². The van der Waals surface area contributed by atoms with Crippen molar-refractivity contribution in [3.63, 3.8) is 0 Å². The van der Waals surface area contributed by atoms with Crippen molar-refractivity contribution in [1.82, 2.24) is 10.2 Å². The molecule has 3 N–H and O–H groups in total. The first-order chi connectivity index (χ1) is 12.9. The zero-order valence-electron chi connectivity index (χ0n) is 14.1. The van der Waals surface area contributed by atoms with Gasteiger partial charge in [0, 0.05) is 16.3 Å². The van der Waals surface area contributed by atoms with Gasteiger partial charge in [0.15, 0.2) is 5.82 Å². The summed E-state index contributed by atoms with van der Waals surface area (Å²) in [6, 6.07) is 9.05. The topological polar surface area (TPSA) is 108 Å². The van der Waals surface area contributed by atoms with Gasteiger partial charge in [-0.05, 0) is 42.2 Å². The van der Waals surface area contributed by atoms with Crippen molar-refractivity contribution in [1.29, 1.82) is 0 Å². The molecule has 7 nitrogen and oxygen atoms in total. The molecule has 0 bridgehead atoms. The number of alkyl halides is 2. The van der Waals surface area contributed by atoms with Crippen LogP contribution in [0.15, 0.2) is 36.4 Å². The standard InChI is InChI=1S/C17H14BF2N3O4/c1-9-13-6-10(2-4-12(13)16(21)23-22-9)14-7-11(18(25)26-8-24)3-5-15(14)27-17(19)20/h2-8,17,25H,1H3,(H2,21,23). The lowest BCUT2D eigenvalue weighted by Crippen LogP contribution is -2.33. The van der Waals surface area contributed by atoms with Crippen LogP contribution in [-0.2, 0) is 9.45 Å². The van der Waals surface area contributed by atoms with Crippen LogP contribution in [0.3, 0.4) is 0 Å². The van der Waals surface area contributed by atoms with E-state index in [1.54, 1.807) is 25.1 Å². The monoisotopic (exact) mass is 373 g/mol. The molecule has 0 atom stereocenters. The van der Waals surface area contributed by atoms with Crippen molar-refractivity contribution >= 4 is 35.6 Å². The quantitative estimate of drug-likeness (QED) is 0.500. The fourth-order valence-electron chi connectivity index (χ4n) is 2.73. The molecule has 0 saturated carbocycles. The van der Waals surface area contributed by atoms with Crippen LogP contribution in [0.25, 0.3) is 21.9 Å². The molecule has 0 aliphatic carbocycles. The van der Waals surface area contributed by atoms with Gasteiger partial charge in [-0.3, -0.25) is 4.79 Å². The fourth-order valence-corrected chi connectivity index (χ4v) is 2.73. The van der Waals surface area contributed by atoms with Crippen molar-refractivity contribution < 1.29 is 28.0 Å². The van der Waals surface area contributed by atoms with E-state index in [2.05, 4.69) is 19.6 Å². The third-order valence-electron chi connectivity index (χ3n) is 3.99. The van der Waals surface area contributed by atoms with E-state index >= 15 is 0 Å². The Bertz CT molecular complexity index is 1000. The zero-order chi connectivity index (χ0) is 19.6. The van der Waals surface area contributed by atoms with Gasteiger partial charge >= 0.3 is 13.7 Å². The van der Waals surface area contributed by atoms with Gasteiger partial charge in [-0.2, -0.15) is 13.9 Å². The Balaban J connectivity index is 2.18. The number of rotatable bonds is 6. The van der Waals surface area contributed by atoms with Crippen LogP contribution in [0.1, 0.15) is 5.69 Å². The van der Waals surface area contributed by atoms with Gasteiger partial charge in [0.2, 0.25) is 0 Å². The minimum Gasteiger partial charge on any atom is -0.508 e. The Morgan fingerprint density at radius 3 is 2.67 bits per heavy atom. The Morgan fingerprint density at radius 1 is 1.19 bits per heavy atom. The number of hydrogen-bond acceptors (Lipinski definition) is 7. The average molecular weight is 373 g/mol. The average Bonchev–Trinajstić information content (AvgIpc) is 2.64. The lowest BCUT2D eigenvalue weighted by atomic mass is 9.78. The molecule has 1 aromatic heterocycles. The maximum Gasteiger partial charge on any atom is 0.561 e. The second kappa shape index (κ2) is 7.54. The van der Waals surface area contributed by atoms with E-state index in [9.17, 15) is 18.6 Å². The van der Waals surface area contributed by atoms with E-state index in [4.69, 9.17) is 5.73 Å². The zero-order valence-corrected chi connectivity index (χ0v) is 14.1. The van der Waals surface area contributed by atoms with Gasteiger partial charge in [0.25, 0.3) is 6.47 Å². The van der Waals surface area contributed by atoms with Gasteiger partial charge in [0.05, 0.1) is 5.69 Å². The molecule has 0 saturated heterocycles.